The van der Waals surface area contributed by atoms with Gasteiger partial charge < -0.3 is 30.8 Å². The Bertz CT molecular complexity index is 694. The zero-order valence-corrected chi connectivity index (χ0v) is 18.5. The summed E-state index contributed by atoms with van der Waals surface area (Å²) in [5.41, 5.74) is 1.10. The molecule has 1 saturated carbocycles. The van der Waals surface area contributed by atoms with Gasteiger partial charge in [0, 0.05) is 13.1 Å². The minimum atomic E-state index is -0.220. The largest absolute Gasteiger partial charge is 0.492 e. The average molecular weight is 433 g/mol. The molecule has 1 unspecified atom stereocenters. The number of aryl methyl sites for hydroxylation is 1. The second-order valence-electron chi connectivity index (χ2n) is 7.86. The van der Waals surface area contributed by atoms with E-state index < -0.39 is 0 Å². The van der Waals surface area contributed by atoms with E-state index in [0.717, 1.165) is 42.9 Å². The maximum absolute atomic E-state index is 12.3. The molecule has 2 rings (SSSR count). The van der Waals surface area contributed by atoms with Gasteiger partial charge in [-0.25, -0.2) is 0 Å². The lowest BCUT2D eigenvalue weighted by Crippen LogP contribution is -2.43. The third-order valence-electron chi connectivity index (χ3n) is 5.32. The van der Waals surface area contributed by atoms with Crippen LogP contribution in [0.4, 0.5) is 0 Å². The number of rotatable bonds is 17. The molecule has 172 valence electrons. The van der Waals surface area contributed by atoms with Crippen molar-refractivity contribution >= 4 is 18.1 Å². The van der Waals surface area contributed by atoms with Gasteiger partial charge in [0.1, 0.15) is 18.6 Å². The van der Waals surface area contributed by atoms with E-state index in [0.29, 0.717) is 26.0 Å². The Hall–Kier alpha value is -2.45. The van der Waals surface area contributed by atoms with E-state index >= 15 is 0 Å². The summed E-state index contributed by atoms with van der Waals surface area (Å²) in [5.74, 6) is 1.51. The van der Waals surface area contributed by atoms with Gasteiger partial charge in [-0.15, -0.1) is 0 Å². The fourth-order valence-corrected chi connectivity index (χ4v) is 3.33. The van der Waals surface area contributed by atoms with Crippen molar-refractivity contribution in [1.82, 2.24) is 21.3 Å². The maximum Gasteiger partial charge on any atom is 0.237 e. The molecule has 0 spiro atoms. The summed E-state index contributed by atoms with van der Waals surface area (Å²) >= 11 is 0. The predicted octanol–water partition coefficient (Wildman–Crippen LogP) is 0.797. The van der Waals surface area contributed by atoms with Crippen molar-refractivity contribution in [3.05, 3.63) is 29.8 Å². The number of ether oxygens (including phenoxy) is 1. The minimum absolute atomic E-state index is 0.0287. The molecule has 0 saturated heterocycles. The highest BCUT2D eigenvalue weighted by Gasteiger charge is 2.24. The third kappa shape index (κ3) is 10.4. The van der Waals surface area contributed by atoms with Crippen LogP contribution in [0.15, 0.2) is 24.3 Å². The molecule has 1 aromatic rings. The van der Waals surface area contributed by atoms with Crippen LogP contribution in [0.3, 0.4) is 0 Å². The summed E-state index contributed by atoms with van der Waals surface area (Å²) in [6.07, 6.45) is 6.94. The highest BCUT2D eigenvalue weighted by Crippen LogP contribution is 2.33. The molecular formula is C23H36N4O4. The van der Waals surface area contributed by atoms with Crippen LogP contribution in [-0.4, -0.2) is 64.0 Å². The summed E-state index contributed by atoms with van der Waals surface area (Å²) in [7, 11) is 1.84. The van der Waals surface area contributed by atoms with E-state index in [1.165, 1.54) is 12.8 Å². The number of likely N-dealkylation sites (N-methyl/N-ethyl adjacent to an activating group) is 1. The first-order chi connectivity index (χ1) is 15.1. The highest BCUT2D eigenvalue weighted by molar-refractivity contribution is 5.81. The van der Waals surface area contributed by atoms with Gasteiger partial charge in [-0.05, 0) is 50.3 Å². The molecule has 0 aliphatic heterocycles. The van der Waals surface area contributed by atoms with Gasteiger partial charge in [0.05, 0.1) is 19.1 Å². The predicted molar refractivity (Wildman–Crippen MR) is 120 cm³/mol. The molecule has 8 heteroatoms. The van der Waals surface area contributed by atoms with Crippen LogP contribution in [0.25, 0.3) is 0 Å². The fraction of sp³-hybridized carbons (Fsp3) is 0.609. The number of aldehydes is 1. The molecule has 0 radical (unpaired) electrons. The zero-order chi connectivity index (χ0) is 22.3. The number of hydrogen-bond acceptors (Lipinski definition) is 6. The van der Waals surface area contributed by atoms with Gasteiger partial charge in [0.2, 0.25) is 11.8 Å². The fourth-order valence-electron chi connectivity index (χ4n) is 3.33. The molecule has 1 aliphatic carbocycles. The molecule has 0 aromatic heterocycles. The van der Waals surface area contributed by atoms with Gasteiger partial charge >= 0.3 is 0 Å². The van der Waals surface area contributed by atoms with Crippen LogP contribution in [-0.2, 0) is 20.8 Å². The van der Waals surface area contributed by atoms with E-state index in [4.69, 9.17) is 4.74 Å². The van der Waals surface area contributed by atoms with Crippen molar-refractivity contribution in [3.63, 3.8) is 0 Å². The van der Waals surface area contributed by atoms with Crippen molar-refractivity contribution < 1.29 is 19.1 Å². The highest BCUT2D eigenvalue weighted by atomic mass is 16.5. The number of carbonyl (C=O) groups is 3. The number of nitrogens with one attached hydrogen (secondary N) is 4. The third-order valence-corrected chi connectivity index (χ3v) is 5.32. The molecule has 1 fully saturated rings. The molecule has 1 atom stereocenters. The van der Waals surface area contributed by atoms with Gasteiger partial charge in [0.25, 0.3) is 0 Å². The molecule has 2 amide bonds. The second kappa shape index (κ2) is 14.5. The zero-order valence-electron chi connectivity index (χ0n) is 18.5. The maximum atomic E-state index is 12.3. The smallest absolute Gasteiger partial charge is 0.237 e. The Balaban J connectivity index is 1.62. The Morgan fingerprint density at radius 1 is 1.19 bits per heavy atom. The number of amides is 2. The summed E-state index contributed by atoms with van der Waals surface area (Å²) in [5, 5.41) is 11.6. The van der Waals surface area contributed by atoms with Crippen LogP contribution < -0.4 is 26.0 Å². The molecule has 1 aromatic carbocycles. The van der Waals surface area contributed by atoms with E-state index in [1.807, 2.05) is 31.3 Å². The second-order valence-corrected chi connectivity index (χ2v) is 7.86. The summed E-state index contributed by atoms with van der Waals surface area (Å²) < 4.78 is 5.85. The van der Waals surface area contributed by atoms with Crippen molar-refractivity contribution in [3.8, 4) is 5.75 Å². The van der Waals surface area contributed by atoms with Crippen molar-refractivity contribution in [2.45, 2.75) is 44.6 Å². The standard InChI is InChI=1S/C23H36N4O4/c1-24-20(11-10-18-8-9-18)23(30)27-12-4-6-19-5-2-3-7-21(19)31-16-14-25-17-22(29)26-13-15-28/h2-3,5,7,15,18,20,24-25H,4,6,8-14,16-17H2,1H3,(H,26,29)(H,27,30). The van der Waals surface area contributed by atoms with E-state index in [-0.39, 0.29) is 30.9 Å². The normalized spacial score (nSPS) is 14.0. The van der Waals surface area contributed by atoms with Gasteiger partial charge in [0.15, 0.2) is 0 Å². The number of para-hydroxylation sites is 1. The van der Waals surface area contributed by atoms with E-state index in [9.17, 15) is 14.4 Å². The van der Waals surface area contributed by atoms with Gasteiger partial charge in [-0.3, -0.25) is 9.59 Å². The summed E-state index contributed by atoms with van der Waals surface area (Å²) in [6.45, 7) is 1.75. The lowest BCUT2D eigenvalue weighted by Gasteiger charge is -2.16. The Morgan fingerprint density at radius 3 is 2.74 bits per heavy atom. The topological polar surface area (TPSA) is 109 Å². The molecule has 0 heterocycles. The number of benzene rings is 1. The van der Waals surface area contributed by atoms with Crippen LogP contribution in [0.2, 0.25) is 0 Å². The molecule has 1 aliphatic rings. The number of carbonyl (C=O) groups excluding carboxylic acids is 3. The van der Waals surface area contributed by atoms with Gasteiger partial charge in [-0.1, -0.05) is 31.0 Å². The molecular weight excluding hydrogens is 396 g/mol. The van der Waals surface area contributed by atoms with Crippen molar-refractivity contribution in [1.29, 1.82) is 0 Å². The van der Waals surface area contributed by atoms with Crippen molar-refractivity contribution in [2.24, 2.45) is 5.92 Å². The first-order valence-electron chi connectivity index (χ1n) is 11.2. The van der Waals surface area contributed by atoms with Crippen LogP contribution >= 0.6 is 0 Å². The van der Waals surface area contributed by atoms with Gasteiger partial charge in [-0.2, -0.15) is 0 Å². The molecule has 31 heavy (non-hydrogen) atoms. The van der Waals surface area contributed by atoms with E-state index in [2.05, 4.69) is 21.3 Å². The molecule has 0 bridgehead atoms. The first-order valence-corrected chi connectivity index (χ1v) is 11.2. The van der Waals surface area contributed by atoms with E-state index in [1.54, 1.807) is 0 Å². The number of hydrogen-bond donors (Lipinski definition) is 4. The quantitative estimate of drug-likeness (QED) is 0.214. The lowest BCUT2D eigenvalue weighted by molar-refractivity contribution is -0.123. The molecule has 4 N–H and O–H groups in total. The van der Waals surface area contributed by atoms with Crippen LogP contribution in [0.5, 0.6) is 5.75 Å². The SMILES string of the molecule is CNC(CCC1CC1)C(=O)NCCCc1ccccc1OCCNCC(=O)NCC=O. The van der Waals surface area contributed by atoms with Crippen LogP contribution in [0.1, 0.15) is 37.7 Å². The minimum Gasteiger partial charge on any atom is -0.492 e. The Morgan fingerprint density at radius 2 is 2.00 bits per heavy atom. The lowest BCUT2D eigenvalue weighted by atomic mass is 10.1. The first kappa shape index (κ1) is 24.8. The Kier molecular flexibility index (Phi) is 11.6. The Labute approximate surface area is 184 Å². The summed E-state index contributed by atoms with van der Waals surface area (Å²) in [6, 6.07) is 7.76. The molecule has 8 nitrogen and oxygen atoms in total. The monoisotopic (exact) mass is 432 g/mol. The van der Waals surface area contributed by atoms with Crippen molar-refractivity contribution in [2.75, 3.05) is 39.8 Å². The summed E-state index contributed by atoms with van der Waals surface area (Å²) in [4.78, 5) is 34.0. The average Bonchev–Trinajstić information content (AvgIpc) is 3.60. The van der Waals surface area contributed by atoms with Crippen LogP contribution in [0, 0.1) is 5.92 Å².